The van der Waals surface area contributed by atoms with Gasteiger partial charge in [0.25, 0.3) is 5.88 Å². The molecule has 1 aromatic heterocycles. The Morgan fingerprint density at radius 2 is 2.08 bits per heavy atom. The van der Waals surface area contributed by atoms with Gasteiger partial charge in [-0.05, 0) is 23.2 Å². The van der Waals surface area contributed by atoms with Crippen LogP contribution in [0.25, 0.3) is 0 Å². The number of anilines is 1. The number of hydrogen-bond acceptors (Lipinski definition) is 5. The van der Waals surface area contributed by atoms with Gasteiger partial charge in [0.1, 0.15) is 24.5 Å². The summed E-state index contributed by atoms with van der Waals surface area (Å²) in [6.45, 7) is 3.57. The second kappa shape index (κ2) is 6.46. The fourth-order valence-corrected chi connectivity index (χ4v) is 2.55. The number of ether oxygens (including phenoxy) is 2. The van der Waals surface area contributed by atoms with Gasteiger partial charge in [-0.15, -0.1) is 0 Å². The lowest BCUT2D eigenvalue weighted by Crippen LogP contribution is -2.27. The molecule has 8 heteroatoms. The van der Waals surface area contributed by atoms with E-state index in [4.69, 9.17) is 9.47 Å². The minimum atomic E-state index is -0.685. The predicted molar refractivity (Wildman–Crippen MR) is 80.1 cm³/mol. The first-order chi connectivity index (χ1) is 11.5. The van der Waals surface area contributed by atoms with E-state index in [-0.39, 0.29) is 36.2 Å². The Labute approximate surface area is 136 Å². The van der Waals surface area contributed by atoms with Gasteiger partial charge in [-0.3, -0.25) is 4.90 Å². The van der Waals surface area contributed by atoms with Gasteiger partial charge in [0.2, 0.25) is 0 Å². The molecule has 24 heavy (non-hydrogen) atoms. The van der Waals surface area contributed by atoms with Crippen LogP contribution >= 0.6 is 0 Å². The number of carbonyl (C=O) groups is 1. The highest BCUT2D eigenvalue weighted by Gasteiger charge is 2.34. The van der Waals surface area contributed by atoms with Crippen LogP contribution in [-0.2, 0) is 4.74 Å². The standard InChI is InChI=1S/C16H16F2N2O4/c1-9(2)15-12(17)5-10(6-13(15)18)20-7-11(24-16(20)21)8-22-14-3-4-23-19-14/h3-6,9,11H,7-8H2,1-2H3. The summed E-state index contributed by atoms with van der Waals surface area (Å²) in [4.78, 5) is 13.1. The number of nitrogens with zero attached hydrogens (tertiary/aromatic N) is 2. The molecule has 1 fully saturated rings. The molecule has 0 aliphatic carbocycles. The normalized spacial score (nSPS) is 17.5. The van der Waals surface area contributed by atoms with Crippen LogP contribution in [0.5, 0.6) is 5.88 Å². The van der Waals surface area contributed by atoms with E-state index in [0.717, 1.165) is 12.1 Å². The van der Waals surface area contributed by atoms with E-state index in [2.05, 4.69) is 9.68 Å². The molecule has 0 spiro atoms. The van der Waals surface area contributed by atoms with Crippen molar-refractivity contribution in [1.82, 2.24) is 5.16 Å². The first-order valence-corrected chi connectivity index (χ1v) is 7.46. The maximum atomic E-state index is 14.1. The second-order valence-electron chi connectivity index (χ2n) is 5.74. The molecule has 2 heterocycles. The SMILES string of the molecule is CC(C)c1c(F)cc(N2CC(COc3ccon3)OC2=O)cc1F. The molecule has 0 radical (unpaired) electrons. The fraction of sp³-hybridized carbons (Fsp3) is 0.375. The van der Waals surface area contributed by atoms with Gasteiger partial charge in [0.05, 0.1) is 12.2 Å². The number of benzene rings is 1. The number of carbonyl (C=O) groups excluding carboxylic acids is 1. The minimum absolute atomic E-state index is 0.00257. The molecule has 1 aliphatic rings. The highest BCUT2D eigenvalue weighted by molar-refractivity contribution is 5.89. The molecule has 1 atom stereocenters. The Hall–Kier alpha value is -2.64. The third-order valence-electron chi connectivity index (χ3n) is 3.66. The number of cyclic esters (lactones) is 1. The predicted octanol–water partition coefficient (Wildman–Crippen LogP) is 3.48. The summed E-state index contributed by atoms with van der Waals surface area (Å²) in [5.41, 5.74) is 0.112. The third kappa shape index (κ3) is 3.17. The zero-order valence-corrected chi connectivity index (χ0v) is 13.2. The van der Waals surface area contributed by atoms with Crippen molar-refractivity contribution in [3.63, 3.8) is 0 Å². The van der Waals surface area contributed by atoms with E-state index >= 15 is 0 Å². The smallest absolute Gasteiger partial charge is 0.414 e. The minimum Gasteiger partial charge on any atom is -0.471 e. The van der Waals surface area contributed by atoms with Crippen molar-refractivity contribution in [1.29, 1.82) is 0 Å². The highest BCUT2D eigenvalue weighted by atomic mass is 19.1. The van der Waals surface area contributed by atoms with Crippen LogP contribution in [0.4, 0.5) is 19.3 Å². The zero-order chi connectivity index (χ0) is 17.3. The lowest BCUT2D eigenvalue weighted by atomic mass is 10.0. The molecule has 6 nitrogen and oxygen atoms in total. The van der Waals surface area contributed by atoms with Crippen molar-refractivity contribution in [2.75, 3.05) is 18.1 Å². The molecule has 0 N–H and O–H groups in total. The van der Waals surface area contributed by atoms with E-state index in [9.17, 15) is 13.6 Å². The van der Waals surface area contributed by atoms with Gasteiger partial charge in [-0.1, -0.05) is 13.8 Å². The topological polar surface area (TPSA) is 64.8 Å². The Bertz CT molecular complexity index is 711. The lowest BCUT2D eigenvalue weighted by molar-refractivity contribution is 0.102. The zero-order valence-electron chi connectivity index (χ0n) is 13.2. The number of hydrogen-bond donors (Lipinski definition) is 0. The van der Waals surface area contributed by atoms with Crippen LogP contribution in [0.15, 0.2) is 29.0 Å². The van der Waals surface area contributed by atoms with Gasteiger partial charge >= 0.3 is 6.09 Å². The van der Waals surface area contributed by atoms with Crippen molar-refractivity contribution in [3.05, 3.63) is 41.7 Å². The molecule has 1 saturated heterocycles. The van der Waals surface area contributed by atoms with Gasteiger partial charge in [0.15, 0.2) is 6.10 Å². The van der Waals surface area contributed by atoms with E-state index in [1.165, 1.54) is 17.2 Å². The molecule has 128 valence electrons. The lowest BCUT2D eigenvalue weighted by Gasteiger charge is -2.16. The van der Waals surface area contributed by atoms with Gasteiger partial charge < -0.3 is 14.0 Å². The van der Waals surface area contributed by atoms with Crippen molar-refractivity contribution in [2.24, 2.45) is 0 Å². The quantitative estimate of drug-likeness (QED) is 0.835. The summed E-state index contributed by atoms with van der Waals surface area (Å²) in [6, 6.07) is 3.80. The van der Waals surface area contributed by atoms with Gasteiger partial charge in [0, 0.05) is 11.6 Å². The summed E-state index contributed by atoms with van der Waals surface area (Å²) >= 11 is 0. The number of rotatable bonds is 5. The van der Waals surface area contributed by atoms with E-state index < -0.39 is 23.8 Å². The summed E-state index contributed by atoms with van der Waals surface area (Å²) in [6.07, 6.45) is 0.0920. The van der Waals surface area contributed by atoms with Crippen molar-refractivity contribution in [2.45, 2.75) is 25.9 Å². The highest BCUT2D eigenvalue weighted by Crippen LogP contribution is 2.29. The fourth-order valence-electron chi connectivity index (χ4n) is 2.55. The summed E-state index contributed by atoms with van der Waals surface area (Å²) in [5, 5.41) is 3.57. The van der Waals surface area contributed by atoms with Crippen molar-refractivity contribution in [3.8, 4) is 5.88 Å². The second-order valence-corrected chi connectivity index (χ2v) is 5.74. The average molecular weight is 338 g/mol. The molecule has 3 rings (SSSR count). The molecule has 1 amide bonds. The first kappa shape index (κ1) is 16.2. The maximum Gasteiger partial charge on any atom is 0.414 e. The number of amides is 1. The third-order valence-corrected chi connectivity index (χ3v) is 3.66. The number of aromatic nitrogens is 1. The van der Waals surface area contributed by atoms with Gasteiger partial charge in [-0.2, -0.15) is 0 Å². The molecular weight excluding hydrogens is 322 g/mol. The van der Waals surface area contributed by atoms with E-state index in [1.54, 1.807) is 13.8 Å². The van der Waals surface area contributed by atoms with Crippen molar-refractivity contribution >= 4 is 11.8 Å². The van der Waals surface area contributed by atoms with Gasteiger partial charge in [-0.25, -0.2) is 13.6 Å². The van der Waals surface area contributed by atoms with Crippen molar-refractivity contribution < 1.29 is 27.6 Å². The molecule has 2 aromatic rings. The Morgan fingerprint density at radius 1 is 1.38 bits per heavy atom. The van der Waals surface area contributed by atoms with Crippen LogP contribution in [-0.4, -0.2) is 30.5 Å². The van der Waals surface area contributed by atoms with Crippen LogP contribution in [0.3, 0.4) is 0 Å². The molecule has 0 saturated carbocycles. The molecular formula is C16H16F2N2O4. The molecule has 0 bridgehead atoms. The van der Waals surface area contributed by atoms with Crippen LogP contribution < -0.4 is 9.64 Å². The van der Waals surface area contributed by atoms with Crippen LogP contribution in [0.1, 0.15) is 25.3 Å². The Morgan fingerprint density at radius 3 is 2.67 bits per heavy atom. The average Bonchev–Trinajstić information content (AvgIpc) is 3.13. The summed E-state index contributed by atoms with van der Waals surface area (Å²) in [7, 11) is 0. The van der Waals surface area contributed by atoms with E-state index in [0.29, 0.717) is 0 Å². The molecule has 1 unspecified atom stereocenters. The number of halogens is 2. The van der Waals surface area contributed by atoms with Crippen LogP contribution in [0, 0.1) is 11.6 Å². The maximum absolute atomic E-state index is 14.1. The molecule has 1 aliphatic heterocycles. The summed E-state index contributed by atoms with van der Waals surface area (Å²) < 4.78 is 43.3. The Balaban J connectivity index is 1.72. The van der Waals surface area contributed by atoms with E-state index in [1.807, 2.05) is 0 Å². The molecule has 1 aromatic carbocycles. The Kier molecular flexibility index (Phi) is 4.37. The monoisotopic (exact) mass is 338 g/mol. The largest absolute Gasteiger partial charge is 0.471 e. The first-order valence-electron chi connectivity index (χ1n) is 7.46. The summed E-state index contributed by atoms with van der Waals surface area (Å²) in [5.74, 6) is -1.40. The van der Waals surface area contributed by atoms with Crippen LogP contribution in [0.2, 0.25) is 0 Å².